The maximum Gasteiger partial charge on any atom is 0.257 e. The Morgan fingerprint density at radius 1 is 1.36 bits per heavy atom. The number of hydrogen-bond acceptors (Lipinski definition) is 5. The molecule has 6 nitrogen and oxygen atoms in total. The standard InChI is InChI=1S/C18H24N4O2S/c1-18(2,3)15-11-25-16(20-15)14-10-21(7-8-24-14)17(23)12-9-19-22-6-4-5-13(12)22/h9,11,14H,4-8,10H2,1-3H3. The normalized spacial score (nSPS) is 20.8. The molecule has 0 radical (unpaired) electrons. The zero-order chi connectivity index (χ0) is 17.6. The lowest BCUT2D eigenvalue weighted by Crippen LogP contribution is -2.42. The average molecular weight is 360 g/mol. The van der Waals surface area contributed by atoms with E-state index in [4.69, 9.17) is 9.72 Å². The zero-order valence-electron chi connectivity index (χ0n) is 15.0. The molecule has 1 saturated heterocycles. The Kier molecular flexibility index (Phi) is 4.16. The maximum atomic E-state index is 13.0. The van der Waals surface area contributed by atoms with E-state index in [9.17, 15) is 4.79 Å². The van der Waals surface area contributed by atoms with E-state index in [2.05, 4.69) is 31.2 Å². The van der Waals surface area contributed by atoms with Crippen LogP contribution >= 0.6 is 11.3 Å². The molecular weight excluding hydrogens is 336 g/mol. The van der Waals surface area contributed by atoms with Crippen LogP contribution in [-0.4, -0.2) is 45.3 Å². The molecular formula is C18H24N4O2S. The van der Waals surface area contributed by atoms with Gasteiger partial charge >= 0.3 is 0 Å². The van der Waals surface area contributed by atoms with Crippen molar-refractivity contribution in [2.75, 3.05) is 19.7 Å². The van der Waals surface area contributed by atoms with Crippen LogP contribution in [-0.2, 0) is 23.1 Å². The van der Waals surface area contributed by atoms with Crippen LogP contribution in [0.4, 0.5) is 0 Å². The van der Waals surface area contributed by atoms with Gasteiger partial charge in [-0.1, -0.05) is 20.8 Å². The fraction of sp³-hybridized carbons (Fsp3) is 0.611. The van der Waals surface area contributed by atoms with Gasteiger partial charge in [-0.3, -0.25) is 9.48 Å². The van der Waals surface area contributed by atoms with Gasteiger partial charge in [0.2, 0.25) is 0 Å². The van der Waals surface area contributed by atoms with Gasteiger partial charge in [-0.05, 0) is 12.8 Å². The first kappa shape index (κ1) is 16.7. The monoisotopic (exact) mass is 360 g/mol. The number of aryl methyl sites for hydroxylation is 1. The zero-order valence-corrected chi connectivity index (χ0v) is 15.8. The number of nitrogens with zero attached hydrogens (tertiary/aromatic N) is 4. The third-order valence-electron chi connectivity index (χ3n) is 4.88. The molecule has 0 saturated carbocycles. The van der Waals surface area contributed by atoms with E-state index in [0.717, 1.165) is 41.3 Å². The Balaban J connectivity index is 1.51. The van der Waals surface area contributed by atoms with Gasteiger partial charge in [-0.15, -0.1) is 11.3 Å². The number of aromatic nitrogens is 3. The molecule has 0 aliphatic carbocycles. The molecule has 1 amide bonds. The number of fused-ring (bicyclic) bond motifs is 1. The van der Waals surface area contributed by atoms with Crippen molar-refractivity contribution in [2.45, 2.75) is 51.7 Å². The van der Waals surface area contributed by atoms with Gasteiger partial charge in [-0.25, -0.2) is 4.98 Å². The molecule has 0 bridgehead atoms. The first-order chi connectivity index (χ1) is 11.9. The Morgan fingerprint density at radius 2 is 2.20 bits per heavy atom. The number of hydrogen-bond donors (Lipinski definition) is 0. The molecule has 25 heavy (non-hydrogen) atoms. The number of ether oxygens (including phenoxy) is 1. The molecule has 0 N–H and O–H groups in total. The summed E-state index contributed by atoms with van der Waals surface area (Å²) in [6, 6.07) is 0. The minimum absolute atomic E-state index is 0.0255. The number of carbonyl (C=O) groups is 1. The van der Waals surface area contributed by atoms with Crippen LogP contribution in [0.15, 0.2) is 11.6 Å². The van der Waals surface area contributed by atoms with E-state index in [1.807, 2.05) is 9.58 Å². The van der Waals surface area contributed by atoms with Crippen molar-refractivity contribution in [3.63, 3.8) is 0 Å². The third kappa shape index (κ3) is 3.11. The predicted molar refractivity (Wildman–Crippen MR) is 96.0 cm³/mol. The molecule has 134 valence electrons. The second-order valence-corrected chi connectivity index (χ2v) is 8.65. The molecule has 2 aromatic rings. The predicted octanol–water partition coefficient (Wildman–Crippen LogP) is 2.80. The molecule has 2 aromatic heterocycles. The molecule has 1 fully saturated rings. The number of rotatable bonds is 2. The van der Waals surface area contributed by atoms with Gasteiger partial charge < -0.3 is 9.64 Å². The molecule has 7 heteroatoms. The molecule has 1 atom stereocenters. The minimum Gasteiger partial charge on any atom is -0.367 e. The summed E-state index contributed by atoms with van der Waals surface area (Å²) in [5.41, 5.74) is 2.94. The lowest BCUT2D eigenvalue weighted by atomic mass is 9.93. The second kappa shape index (κ2) is 6.21. The SMILES string of the molecule is CC(C)(C)c1csc(C2CN(C(=O)c3cnn4c3CCC4)CCO2)n1. The van der Waals surface area contributed by atoms with Crippen LogP contribution in [0.5, 0.6) is 0 Å². The van der Waals surface area contributed by atoms with Crippen molar-refractivity contribution in [3.05, 3.63) is 33.5 Å². The highest BCUT2D eigenvalue weighted by Gasteiger charge is 2.31. The molecule has 2 aliphatic heterocycles. The van der Waals surface area contributed by atoms with Gasteiger partial charge in [0.1, 0.15) is 11.1 Å². The number of amides is 1. The maximum absolute atomic E-state index is 13.0. The van der Waals surface area contributed by atoms with E-state index < -0.39 is 0 Å². The van der Waals surface area contributed by atoms with Crippen LogP contribution in [0.3, 0.4) is 0 Å². The largest absolute Gasteiger partial charge is 0.367 e. The Labute approximate surface area is 151 Å². The summed E-state index contributed by atoms with van der Waals surface area (Å²) in [5.74, 6) is 0.0732. The lowest BCUT2D eigenvalue weighted by Gasteiger charge is -2.32. The van der Waals surface area contributed by atoms with Crippen LogP contribution < -0.4 is 0 Å². The minimum atomic E-state index is -0.137. The van der Waals surface area contributed by atoms with Crippen molar-refractivity contribution < 1.29 is 9.53 Å². The molecule has 0 aromatic carbocycles. The van der Waals surface area contributed by atoms with Gasteiger partial charge in [0.25, 0.3) is 5.91 Å². The smallest absolute Gasteiger partial charge is 0.257 e. The van der Waals surface area contributed by atoms with Crippen molar-refractivity contribution in [2.24, 2.45) is 0 Å². The van der Waals surface area contributed by atoms with Crippen LogP contribution in [0.25, 0.3) is 0 Å². The first-order valence-corrected chi connectivity index (χ1v) is 9.73. The van der Waals surface area contributed by atoms with Crippen LogP contribution in [0.1, 0.15) is 60.0 Å². The lowest BCUT2D eigenvalue weighted by molar-refractivity contribution is -0.0230. The summed E-state index contributed by atoms with van der Waals surface area (Å²) in [7, 11) is 0. The fourth-order valence-corrected chi connectivity index (χ4v) is 4.46. The summed E-state index contributed by atoms with van der Waals surface area (Å²) < 4.78 is 7.87. The van der Waals surface area contributed by atoms with Gasteiger partial charge in [0, 0.05) is 23.9 Å². The molecule has 0 spiro atoms. The van der Waals surface area contributed by atoms with E-state index in [0.29, 0.717) is 19.7 Å². The molecule has 1 unspecified atom stereocenters. The third-order valence-corrected chi connectivity index (χ3v) is 5.82. The molecule has 4 heterocycles. The van der Waals surface area contributed by atoms with Crippen molar-refractivity contribution >= 4 is 17.2 Å². The number of morpholine rings is 1. The fourth-order valence-electron chi connectivity index (χ4n) is 3.38. The average Bonchev–Trinajstić information content (AvgIpc) is 3.29. The number of carbonyl (C=O) groups excluding carboxylic acids is 1. The van der Waals surface area contributed by atoms with Crippen molar-refractivity contribution in [3.8, 4) is 0 Å². The molecule has 4 rings (SSSR count). The second-order valence-electron chi connectivity index (χ2n) is 7.76. The number of thiazole rings is 1. The Morgan fingerprint density at radius 3 is 2.96 bits per heavy atom. The summed E-state index contributed by atoms with van der Waals surface area (Å²) >= 11 is 1.62. The summed E-state index contributed by atoms with van der Waals surface area (Å²) in [5, 5.41) is 7.41. The molecule has 2 aliphatic rings. The van der Waals surface area contributed by atoms with E-state index in [1.165, 1.54) is 0 Å². The Hall–Kier alpha value is -1.73. The highest BCUT2D eigenvalue weighted by molar-refractivity contribution is 7.09. The summed E-state index contributed by atoms with van der Waals surface area (Å²) in [4.78, 5) is 19.6. The highest BCUT2D eigenvalue weighted by Crippen LogP contribution is 2.31. The first-order valence-electron chi connectivity index (χ1n) is 8.85. The van der Waals surface area contributed by atoms with Crippen LogP contribution in [0.2, 0.25) is 0 Å². The summed E-state index contributed by atoms with van der Waals surface area (Å²) in [6.07, 6.45) is 3.60. The quantitative estimate of drug-likeness (QED) is 0.826. The Bertz CT molecular complexity index is 789. The summed E-state index contributed by atoms with van der Waals surface area (Å²) in [6.45, 7) is 9.11. The van der Waals surface area contributed by atoms with Crippen molar-refractivity contribution in [1.29, 1.82) is 0 Å². The van der Waals surface area contributed by atoms with Crippen LogP contribution in [0, 0.1) is 0 Å². The van der Waals surface area contributed by atoms with E-state index in [1.54, 1.807) is 17.5 Å². The van der Waals surface area contributed by atoms with Crippen molar-refractivity contribution in [1.82, 2.24) is 19.7 Å². The van der Waals surface area contributed by atoms with E-state index >= 15 is 0 Å². The van der Waals surface area contributed by atoms with Gasteiger partial charge in [-0.2, -0.15) is 5.10 Å². The van der Waals surface area contributed by atoms with E-state index in [-0.39, 0.29) is 17.4 Å². The topological polar surface area (TPSA) is 60.2 Å². The van der Waals surface area contributed by atoms with Gasteiger partial charge in [0.15, 0.2) is 0 Å². The highest BCUT2D eigenvalue weighted by atomic mass is 32.1. The van der Waals surface area contributed by atoms with Gasteiger partial charge in [0.05, 0.1) is 36.3 Å².